The summed E-state index contributed by atoms with van der Waals surface area (Å²) in [6, 6.07) is 12.5. The van der Waals surface area contributed by atoms with Gasteiger partial charge in [0.25, 0.3) is 0 Å². The Morgan fingerprint density at radius 1 is 1.24 bits per heavy atom. The highest BCUT2D eigenvalue weighted by Gasteiger charge is 2.02. The third kappa shape index (κ3) is 3.32. The highest BCUT2D eigenvalue weighted by molar-refractivity contribution is 7.98. The van der Waals surface area contributed by atoms with Crippen molar-refractivity contribution in [2.45, 2.75) is 24.2 Å². The Morgan fingerprint density at radius 3 is 2.88 bits per heavy atom. The lowest BCUT2D eigenvalue weighted by Gasteiger charge is -2.06. The van der Waals surface area contributed by atoms with E-state index in [1.165, 1.54) is 11.1 Å². The van der Waals surface area contributed by atoms with E-state index in [1.54, 1.807) is 11.8 Å². The number of nitrogens with zero attached hydrogens (tertiary/aromatic N) is 1. The van der Waals surface area contributed by atoms with Crippen molar-refractivity contribution >= 4 is 11.8 Å². The second-order valence-electron chi connectivity index (χ2n) is 3.95. The van der Waals surface area contributed by atoms with Gasteiger partial charge in [-0.3, -0.25) is 0 Å². The summed E-state index contributed by atoms with van der Waals surface area (Å²) in [6.45, 7) is 2.66. The van der Waals surface area contributed by atoms with E-state index in [2.05, 4.69) is 36.2 Å². The smallest absolute Gasteiger partial charge is 0.101 e. The number of thioether (sulfide) groups is 1. The predicted molar refractivity (Wildman–Crippen MR) is 72.9 cm³/mol. The van der Waals surface area contributed by atoms with E-state index in [-0.39, 0.29) is 0 Å². The molecule has 0 saturated carbocycles. The summed E-state index contributed by atoms with van der Waals surface area (Å²) in [4.78, 5) is 4.37. The van der Waals surface area contributed by atoms with Crippen LogP contribution in [0.3, 0.4) is 0 Å². The Labute approximate surface area is 106 Å². The molecule has 0 aliphatic heterocycles. The number of nitrogens with two attached hydrogens (primary N) is 1. The van der Waals surface area contributed by atoms with Crippen molar-refractivity contribution in [2.75, 3.05) is 0 Å². The Morgan fingerprint density at radius 2 is 2.12 bits per heavy atom. The molecular formula is C14H16N2S. The molecule has 0 amide bonds. The van der Waals surface area contributed by atoms with Gasteiger partial charge in [-0.1, -0.05) is 35.9 Å². The number of hydrogen-bond donors (Lipinski definition) is 1. The van der Waals surface area contributed by atoms with Gasteiger partial charge in [0.2, 0.25) is 0 Å². The predicted octanol–water partition coefficient (Wildman–Crippen LogP) is 3.14. The summed E-state index contributed by atoms with van der Waals surface area (Å²) < 4.78 is 0. The summed E-state index contributed by atoms with van der Waals surface area (Å²) in [6.07, 6.45) is 1.82. The molecule has 1 aromatic carbocycles. The summed E-state index contributed by atoms with van der Waals surface area (Å²) in [5, 5.41) is 1.04. The minimum atomic E-state index is 0.546. The normalized spacial score (nSPS) is 10.5. The van der Waals surface area contributed by atoms with E-state index in [1.807, 2.05) is 18.3 Å². The third-order valence-electron chi connectivity index (χ3n) is 2.53. The molecule has 0 radical (unpaired) electrons. The average Bonchev–Trinajstić information content (AvgIpc) is 2.37. The van der Waals surface area contributed by atoms with Crippen LogP contribution in [0.5, 0.6) is 0 Å². The first-order valence-corrected chi connectivity index (χ1v) is 6.60. The molecule has 0 saturated heterocycles. The Bertz CT molecular complexity index is 497. The molecule has 0 atom stereocenters. The fourth-order valence-electron chi connectivity index (χ4n) is 1.66. The van der Waals surface area contributed by atoms with Gasteiger partial charge in [-0.05, 0) is 24.1 Å². The van der Waals surface area contributed by atoms with Crippen LogP contribution in [0, 0.1) is 6.92 Å². The number of aryl methyl sites for hydroxylation is 1. The van der Waals surface area contributed by atoms with Crippen LogP contribution in [-0.4, -0.2) is 4.98 Å². The fraction of sp³-hybridized carbons (Fsp3) is 0.214. The van der Waals surface area contributed by atoms with Crippen molar-refractivity contribution in [3.8, 4) is 0 Å². The molecule has 1 aromatic heterocycles. The minimum Gasteiger partial charge on any atom is -0.326 e. The van der Waals surface area contributed by atoms with E-state index in [9.17, 15) is 0 Å². The standard InChI is InChI=1S/C14H16N2S/c1-11-4-2-5-12(8-11)10-17-14-13(9-15)6-3-7-16-14/h2-8H,9-10,15H2,1H3. The number of pyridine rings is 1. The fourth-order valence-corrected chi connectivity index (χ4v) is 2.62. The van der Waals surface area contributed by atoms with E-state index in [0.717, 1.165) is 16.3 Å². The van der Waals surface area contributed by atoms with Gasteiger partial charge in [0.05, 0.1) is 0 Å². The van der Waals surface area contributed by atoms with Crippen LogP contribution in [0.1, 0.15) is 16.7 Å². The SMILES string of the molecule is Cc1cccc(CSc2ncccc2CN)c1. The van der Waals surface area contributed by atoms with Gasteiger partial charge in [-0.15, -0.1) is 11.8 Å². The topological polar surface area (TPSA) is 38.9 Å². The van der Waals surface area contributed by atoms with Gasteiger partial charge in [-0.25, -0.2) is 4.98 Å². The molecule has 0 fully saturated rings. The Kier molecular flexibility index (Phi) is 4.18. The van der Waals surface area contributed by atoms with Crippen molar-refractivity contribution in [3.05, 3.63) is 59.3 Å². The number of rotatable bonds is 4. The molecule has 3 heteroatoms. The first kappa shape index (κ1) is 12.1. The highest BCUT2D eigenvalue weighted by atomic mass is 32.2. The van der Waals surface area contributed by atoms with Gasteiger partial charge in [-0.2, -0.15) is 0 Å². The van der Waals surface area contributed by atoms with E-state index >= 15 is 0 Å². The lowest BCUT2D eigenvalue weighted by atomic mass is 10.2. The second-order valence-corrected chi connectivity index (χ2v) is 4.91. The number of benzene rings is 1. The van der Waals surface area contributed by atoms with E-state index in [0.29, 0.717) is 6.54 Å². The molecule has 2 N–H and O–H groups in total. The Balaban J connectivity index is 2.07. The zero-order valence-electron chi connectivity index (χ0n) is 9.89. The molecule has 2 nitrogen and oxygen atoms in total. The van der Waals surface area contributed by atoms with Gasteiger partial charge >= 0.3 is 0 Å². The van der Waals surface area contributed by atoms with Crippen LogP contribution < -0.4 is 5.73 Å². The first-order valence-electron chi connectivity index (χ1n) is 5.62. The number of aromatic nitrogens is 1. The quantitative estimate of drug-likeness (QED) is 0.840. The van der Waals surface area contributed by atoms with Crippen LogP contribution in [0.25, 0.3) is 0 Å². The maximum Gasteiger partial charge on any atom is 0.101 e. The van der Waals surface area contributed by atoms with Gasteiger partial charge in [0, 0.05) is 18.5 Å². The molecule has 2 rings (SSSR count). The summed E-state index contributed by atoms with van der Waals surface area (Å²) >= 11 is 1.74. The van der Waals surface area contributed by atoms with Crippen LogP contribution in [0.15, 0.2) is 47.6 Å². The molecule has 0 aliphatic rings. The van der Waals surface area contributed by atoms with Crippen LogP contribution in [-0.2, 0) is 12.3 Å². The average molecular weight is 244 g/mol. The molecule has 0 aliphatic carbocycles. The molecule has 0 unspecified atom stereocenters. The van der Waals surface area contributed by atoms with Gasteiger partial charge < -0.3 is 5.73 Å². The largest absolute Gasteiger partial charge is 0.326 e. The zero-order valence-corrected chi connectivity index (χ0v) is 10.7. The van der Waals surface area contributed by atoms with Gasteiger partial charge in [0.15, 0.2) is 0 Å². The van der Waals surface area contributed by atoms with Crippen molar-refractivity contribution in [3.63, 3.8) is 0 Å². The summed E-state index contributed by atoms with van der Waals surface area (Å²) in [5.74, 6) is 0.936. The molecular weight excluding hydrogens is 228 g/mol. The minimum absolute atomic E-state index is 0.546. The zero-order chi connectivity index (χ0) is 12.1. The van der Waals surface area contributed by atoms with Crippen molar-refractivity contribution in [1.82, 2.24) is 4.98 Å². The lowest BCUT2D eigenvalue weighted by Crippen LogP contribution is -1.99. The van der Waals surface area contributed by atoms with E-state index < -0.39 is 0 Å². The van der Waals surface area contributed by atoms with Gasteiger partial charge in [0.1, 0.15) is 5.03 Å². The molecule has 0 spiro atoms. The van der Waals surface area contributed by atoms with Crippen LogP contribution in [0.2, 0.25) is 0 Å². The Hall–Kier alpha value is -1.32. The van der Waals surface area contributed by atoms with E-state index in [4.69, 9.17) is 5.73 Å². The molecule has 17 heavy (non-hydrogen) atoms. The molecule has 2 aromatic rings. The second kappa shape index (κ2) is 5.84. The summed E-state index contributed by atoms with van der Waals surface area (Å²) in [5.41, 5.74) is 9.42. The molecule has 1 heterocycles. The first-order chi connectivity index (χ1) is 8.29. The molecule has 0 bridgehead atoms. The lowest BCUT2D eigenvalue weighted by molar-refractivity contribution is 0.963. The number of hydrogen-bond acceptors (Lipinski definition) is 3. The maximum atomic E-state index is 5.69. The maximum absolute atomic E-state index is 5.69. The van der Waals surface area contributed by atoms with Crippen LogP contribution in [0.4, 0.5) is 0 Å². The van der Waals surface area contributed by atoms with Crippen molar-refractivity contribution in [2.24, 2.45) is 5.73 Å². The third-order valence-corrected chi connectivity index (χ3v) is 3.65. The van der Waals surface area contributed by atoms with Crippen molar-refractivity contribution < 1.29 is 0 Å². The highest BCUT2D eigenvalue weighted by Crippen LogP contribution is 2.24. The van der Waals surface area contributed by atoms with Crippen LogP contribution >= 0.6 is 11.8 Å². The summed E-state index contributed by atoms with van der Waals surface area (Å²) in [7, 11) is 0. The van der Waals surface area contributed by atoms with Crippen molar-refractivity contribution in [1.29, 1.82) is 0 Å². The molecule has 88 valence electrons. The monoisotopic (exact) mass is 244 g/mol.